The quantitative estimate of drug-likeness (QED) is 0.891. The molecule has 0 radical (unpaired) electrons. The van der Waals surface area contributed by atoms with E-state index in [9.17, 15) is 4.79 Å². The molecule has 1 saturated heterocycles. The zero-order valence-electron chi connectivity index (χ0n) is 12.6. The van der Waals surface area contributed by atoms with Crippen molar-refractivity contribution in [1.82, 2.24) is 0 Å². The summed E-state index contributed by atoms with van der Waals surface area (Å²) < 4.78 is 5.74. The fourth-order valence-electron chi connectivity index (χ4n) is 2.87. The lowest BCUT2D eigenvalue weighted by Gasteiger charge is -2.19. The van der Waals surface area contributed by atoms with Gasteiger partial charge in [-0.3, -0.25) is 4.79 Å². The van der Waals surface area contributed by atoms with E-state index in [0.29, 0.717) is 6.54 Å². The molecule has 0 aromatic heterocycles. The molecule has 1 aromatic carbocycles. The second-order valence-electron chi connectivity index (χ2n) is 5.77. The van der Waals surface area contributed by atoms with Crippen LogP contribution in [0, 0.1) is 18.8 Å². The molecule has 1 fully saturated rings. The van der Waals surface area contributed by atoms with Crippen molar-refractivity contribution in [2.75, 3.05) is 5.32 Å². The van der Waals surface area contributed by atoms with Crippen molar-refractivity contribution >= 4 is 11.6 Å². The Morgan fingerprint density at radius 3 is 2.55 bits per heavy atom. The molecule has 4 heteroatoms. The number of aryl methyl sites for hydroxylation is 1. The Morgan fingerprint density at radius 1 is 1.30 bits per heavy atom. The molecule has 1 amide bonds. The van der Waals surface area contributed by atoms with Gasteiger partial charge in [0.25, 0.3) is 0 Å². The SMILES string of the molecule is Cc1ccc(CN)cc1NC(=O)C1C(C)OC(C)C1C. The average Bonchev–Trinajstić information content (AvgIpc) is 2.66. The number of ether oxygens (including phenoxy) is 1. The van der Waals surface area contributed by atoms with Gasteiger partial charge < -0.3 is 15.8 Å². The van der Waals surface area contributed by atoms with Crippen LogP contribution in [0.25, 0.3) is 0 Å². The Bertz CT molecular complexity index is 501. The second kappa shape index (κ2) is 5.94. The summed E-state index contributed by atoms with van der Waals surface area (Å²) in [5, 5.41) is 3.03. The summed E-state index contributed by atoms with van der Waals surface area (Å²) in [6, 6.07) is 5.91. The van der Waals surface area contributed by atoms with Crippen molar-refractivity contribution in [3.63, 3.8) is 0 Å². The summed E-state index contributed by atoms with van der Waals surface area (Å²) in [6.07, 6.45) is 0.0789. The first-order valence-corrected chi connectivity index (χ1v) is 7.20. The molecule has 110 valence electrons. The van der Waals surface area contributed by atoms with Crippen LogP contribution in [0.2, 0.25) is 0 Å². The van der Waals surface area contributed by atoms with Gasteiger partial charge >= 0.3 is 0 Å². The van der Waals surface area contributed by atoms with Gasteiger partial charge in [-0.15, -0.1) is 0 Å². The standard InChI is InChI=1S/C16H24N2O2/c1-9-5-6-13(8-17)7-14(9)18-16(19)15-10(2)11(3)20-12(15)4/h5-7,10-12,15H,8,17H2,1-4H3,(H,18,19). The van der Waals surface area contributed by atoms with E-state index in [4.69, 9.17) is 10.5 Å². The highest BCUT2D eigenvalue weighted by atomic mass is 16.5. The van der Waals surface area contributed by atoms with Crippen LogP contribution in [-0.2, 0) is 16.1 Å². The molecule has 0 aliphatic carbocycles. The molecule has 1 aromatic rings. The number of anilines is 1. The lowest BCUT2D eigenvalue weighted by molar-refractivity contribution is -0.121. The summed E-state index contributed by atoms with van der Waals surface area (Å²) >= 11 is 0. The van der Waals surface area contributed by atoms with E-state index < -0.39 is 0 Å². The molecular formula is C16H24N2O2. The van der Waals surface area contributed by atoms with E-state index >= 15 is 0 Å². The van der Waals surface area contributed by atoms with E-state index in [2.05, 4.69) is 12.2 Å². The van der Waals surface area contributed by atoms with Crippen molar-refractivity contribution in [3.8, 4) is 0 Å². The van der Waals surface area contributed by atoms with Gasteiger partial charge in [0.15, 0.2) is 0 Å². The van der Waals surface area contributed by atoms with Crippen LogP contribution in [0.5, 0.6) is 0 Å². The minimum Gasteiger partial charge on any atom is -0.374 e. The van der Waals surface area contributed by atoms with Crippen molar-refractivity contribution in [2.45, 2.75) is 46.4 Å². The predicted octanol–water partition coefficient (Wildman–Crippen LogP) is 2.45. The molecule has 20 heavy (non-hydrogen) atoms. The third kappa shape index (κ3) is 2.86. The molecule has 4 nitrogen and oxygen atoms in total. The normalized spacial score (nSPS) is 29.4. The van der Waals surface area contributed by atoms with Gasteiger partial charge in [0.1, 0.15) is 0 Å². The van der Waals surface area contributed by atoms with Crippen molar-refractivity contribution < 1.29 is 9.53 Å². The van der Waals surface area contributed by atoms with Crippen molar-refractivity contribution in [2.24, 2.45) is 17.6 Å². The van der Waals surface area contributed by atoms with Gasteiger partial charge in [0, 0.05) is 12.2 Å². The zero-order valence-corrected chi connectivity index (χ0v) is 12.6. The molecule has 4 unspecified atom stereocenters. The Labute approximate surface area is 120 Å². The van der Waals surface area contributed by atoms with E-state index in [-0.39, 0.29) is 30.0 Å². The van der Waals surface area contributed by atoms with Crippen LogP contribution >= 0.6 is 0 Å². The Balaban J connectivity index is 2.16. The van der Waals surface area contributed by atoms with E-state index in [1.54, 1.807) is 0 Å². The molecule has 3 N–H and O–H groups in total. The summed E-state index contributed by atoms with van der Waals surface area (Å²) in [5.74, 6) is 0.153. The number of benzene rings is 1. The number of carbonyl (C=O) groups is 1. The topological polar surface area (TPSA) is 64.3 Å². The van der Waals surface area contributed by atoms with Crippen LogP contribution in [0.1, 0.15) is 31.9 Å². The lowest BCUT2D eigenvalue weighted by atomic mass is 9.88. The summed E-state index contributed by atoms with van der Waals surface area (Å²) in [7, 11) is 0. The molecule has 0 spiro atoms. The van der Waals surface area contributed by atoms with Gasteiger partial charge in [-0.05, 0) is 43.9 Å². The third-order valence-corrected chi connectivity index (χ3v) is 4.34. The number of nitrogens with one attached hydrogen (secondary N) is 1. The number of amides is 1. The monoisotopic (exact) mass is 276 g/mol. The zero-order chi connectivity index (χ0) is 14.9. The number of carbonyl (C=O) groups excluding carboxylic acids is 1. The van der Waals surface area contributed by atoms with E-state index in [1.165, 1.54) is 0 Å². The van der Waals surface area contributed by atoms with Crippen LogP contribution in [-0.4, -0.2) is 18.1 Å². The Morgan fingerprint density at radius 2 is 2.00 bits per heavy atom. The number of hydrogen-bond acceptors (Lipinski definition) is 3. The largest absolute Gasteiger partial charge is 0.374 e. The van der Waals surface area contributed by atoms with Gasteiger partial charge in [-0.1, -0.05) is 19.1 Å². The molecular weight excluding hydrogens is 252 g/mol. The Kier molecular flexibility index (Phi) is 4.45. The summed E-state index contributed by atoms with van der Waals surface area (Å²) in [4.78, 5) is 12.5. The molecule has 1 aliphatic rings. The highest BCUT2D eigenvalue weighted by molar-refractivity contribution is 5.94. The van der Waals surface area contributed by atoms with Crippen LogP contribution < -0.4 is 11.1 Å². The molecule has 0 bridgehead atoms. The maximum absolute atomic E-state index is 12.5. The molecule has 0 saturated carbocycles. The predicted molar refractivity (Wildman–Crippen MR) is 80.4 cm³/mol. The molecule has 4 atom stereocenters. The highest BCUT2D eigenvalue weighted by Gasteiger charge is 2.41. The fourth-order valence-corrected chi connectivity index (χ4v) is 2.87. The molecule has 2 rings (SSSR count). The maximum Gasteiger partial charge on any atom is 0.230 e. The molecule has 1 heterocycles. The van der Waals surface area contributed by atoms with Crippen molar-refractivity contribution in [1.29, 1.82) is 0 Å². The van der Waals surface area contributed by atoms with Crippen LogP contribution in [0.3, 0.4) is 0 Å². The highest BCUT2D eigenvalue weighted by Crippen LogP contribution is 2.33. The lowest BCUT2D eigenvalue weighted by Crippen LogP contribution is -2.32. The fraction of sp³-hybridized carbons (Fsp3) is 0.562. The first-order valence-electron chi connectivity index (χ1n) is 7.20. The minimum absolute atomic E-state index is 0.0339. The van der Waals surface area contributed by atoms with Gasteiger partial charge in [0.05, 0.1) is 18.1 Å². The smallest absolute Gasteiger partial charge is 0.230 e. The molecule has 1 aliphatic heterocycles. The van der Waals surface area contributed by atoms with Crippen LogP contribution in [0.15, 0.2) is 18.2 Å². The minimum atomic E-state index is -0.106. The average molecular weight is 276 g/mol. The number of nitrogens with two attached hydrogens (primary N) is 1. The van der Waals surface area contributed by atoms with Gasteiger partial charge in [-0.2, -0.15) is 0 Å². The van der Waals surface area contributed by atoms with E-state index in [0.717, 1.165) is 16.8 Å². The first kappa shape index (κ1) is 15.0. The number of hydrogen-bond donors (Lipinski definition) is 2. The summed E-state index contributed by atoms with van der Waals surface area (Å²) in [5.41, 5.74) is 8.56. The van der Waals surface area contributed by atoms with Gasteiger partial charge in [0.2, 0.25) is 5.91 Å². The maximum atomic E-state index is 12.5. The third-order valence-electron chi connectivity index (χ3n) is 4.34. The van der Waals surface area contributed by atoms with E-state index in [1.807, 2.05) is 39.0 Å². The number of rotatable bonds is 3. The van der Waals surface area contributed by atoms with Gasteiger partial charge in [-0.25, -0.2) is 0 Å². The second-order valence-corrected chi connectivity index (χ2v) is 5.77. The Hall–Kier alpha value is -1.39. The van der Waals surface area contributed by atoms with Crippen molar-refractivity contribution in [3.05, 3.63) is 29.3 Å². The summed E-state index contributed by atoms with van der Waals surface area (Å²) in [6.45, 7) is 8.51. The van der Waals surface area contributed by atoms with Crippen LogP contribution in [0.4, 0.5) is 5.69 Å². The first-order chi connectivity index (χ1) is 9.43.